The first-order valence-corrected chi connectivity index (χ1v) is 5.51. The van der Waals surface area contributed by atoms with Crippen molar-refractivity contribution >= 4 is 0 Å². The number of aliphatic hydroxyl groups excluding tert-OH is 1. The van der Waals surface area contributed by atoms with Crippen LogP contribution in [0.5, 0.6) is 0 Å². The molecule has 0 aromatic rings. The van der Waals surface area contributed by atoms with Gasteiger partial charge in [0.1, 0.15) is 0 Å². The summed E-state index contributed by atoms with van der Waals surface area (Å²) in [4.78, 5) is 0. The first kappa shape index (κ1) is 7.37. The van der Waals surface area contributed by atoms with Crippen LogP contribution in [0.4, 0.5) is 0 Å². The fourth-order valence-corrected chi connectivity index (χ4v) is 4.42. The Hall–Kier alpha value is -0.0400. The smallest absolute Gasteiger partial charge is 0.0462 e. The molecule has 1 heteroatoms. The number of hydrogen-bond acceptors (Lipinski definition) is 1. The van der Waals surface area contributed by atoms with Crippen molar-refractivity contribution in [2.45, 2.75) is 32.1 Å². The monoisotopic (exact) mass is 166 g/mol. The van der Waals surface area contributed by atoms with E-state index < -0.39 is 0 Å². The largest absolute Gasteiger partial charge is 0.396 e. The zero-order chi connectivity index (χ0) is 8.13. The Bertz CT molecular complexity index is 187. The standard InChI is InChI=1S/C11H18O/c12-6-8-4-7-5-11(8)10-3-1-2-9(7)10/h7-12H,1-6H2/t7-,8+,9+,10+,11-/m0/s1. The molecule has 1 nitrogen and oxygen atoms in total. The number of hydrogen-bond donors (Lipinski definition) is 1. The summed E-state index contributed by atoms with van der Waals surface area (Å²) < 4.78 is 0. The predicted molar refractivity (Wildman–Crippen MR) is 47.6 cm³/mol. The molecule has 0 amide bonds. The van der Waals surface area contributed by atoms with E-state index in [0.29, 0.717) is 12.5 Å². The van der Waals surface area contributed by atoms with Crippen molar-refractivity contribution in [1.29, 1.82) is 0 Å². The maximum Gasteiger partial charge on any atom is 0.0462 e. The summed E-state index contributed by atoms with van der Waals surface area (Å²) in [5.74, 6) is 4.74. The molecule has 0 unspecified atom stereocenters. The molecule has 3 rings (SSSR count). The Balaban J connectivity index is 1.83. The predicted octanol–water partition coefficient (Wildman–Crippen LogP) is 2.05. The second-order valence-corrected chi connectivity index (χ2v) is 5.10. The molecule has 0 radical (unpaired) electrons. The summed E-state index contributed by atoms with van der Waals surface area (Å²) >= 11 is 0. The molecule has 3 saturated carbocycles. The van der Waals surface area contributed by atoms with E-state index in [1.165, 1.54) is 32.1 Å². The Morgan fingerprint density at radius 3 is 2.67 bits per heavy atom. The van der Waals surface area contributed by atoms with Crippen LogP contribution in [0.25, 0.3) is 0 Å². The molecule has 1 N–H and O–H groups in total. The third kappa shape index (κ3) is 0.783. The van der Waals surface area contributed by atoms with Gasteiger partial charge in [0.25, 0.3) is 0 Å². The molecule has 0 heterocycles. The van der Waals surface area contributed by atoms with Crippen molar-refractivity contribution in [3.63, 3.8) is 0 Å². The van der Waals surface area contributed by atoms with Gasteiger partial charge in [0.05, 0.1) is 0 Å². The minimum absolute atomic E-state index is 0.463. The molecular weight excluding hydrogens is 148 g/mol. The van der Waals surface area contributed by atoms with E-state index in [1.54, 1.807) is 0 Å². The van der Waals surface area contributed by atoms with E-state index in [-0.39, 0.29) is 0 Å². The van der Waals surface area contributed by atoms with E-state index in [0.717, 1.165) is 23.7 Å². The van der Waals surface area contributed by atoms with Gasteiger partial charge in [-0.05, 0) is 55.3 Å². The fourth-order valence-electron chi connectivity index (χ4n) is 4.42. The van der Waals surface area contributed by atoms with Crippen molar-refractivity contribution < 1.29 is 5.11 Å². The molecule has 3 fully saturated rings. The first-order valence-electron chi connectivity index (χ1n) is 5.51. The van der Waals surface area contributed by atoms with Crippen molar-refractivity contribution in [2.75, 3.05) is 6.61 Å². The van der Waals surface area contributed by atoms with E-state index in [2.05, 4.69) is 0 Å². The minimum Gasteiger partial charge on any atom is -0.396 e. The van der Waals surface area contributed by atoms with Crippen molar-refractivity contribution in [1.82, 2.24) is 0 Å². The second kappa shape index (κ2) is 2.47. The highest BCUT2D eigenvalue weighted by molar-refractivity contribution is 5.02. The lowest BCUT2D eigenvalue weighted by atomic mass is 9.76. The lowest BCUT2D eigenvalue weighted by Crippen LogP contribution is -2.26. The summed E-state index contributed by atoms with van der Waals surface area (Å²) in [6, 6.07) is 0. The third-order valence-electron chi connectivity index (χ3n) is 4.80. The molecule has 12 heavy (non-hydrogen) atoms. The summed E-state index contributed by atoms with van der Waals surface area (Å²) in [6.07, 6.45) is 7.26. The van der Waals surface area contributed by atoms with E-state index >= 15 is 0 Å². The summed E-state index contributed by atoms with van der Waals surface area (Å²) in [6.45, 7) is 0.463. The van der Waals surface area contributed by atoms with Crippen molar-refractivity contribution in [2.24, 2.45) is 29.6 Å². The summed E-state index contributed by atoms with van der Waals surface area (Å²) in [5, 5.41) is 9.21. The highest BCUT2D eigenvalue weighted by Gasteiger charge is 2.53. The van der Waals surface area contributed by atoms with Crippen LogP contribution < -0.4 is 0 Å². The van der Waals surface area contributed by atoms with Gasteiger partial charge in [0, 0.05) is 6.61 Å². The van der Waals surface area contributed by atoms with Crippen LogP contribution in [-0.4, -0.2) is 11.7 Å². The van der Waals surface area contributed by atoms with Crippen LogP contribution in [0.2, 0.25) is 0 Å². The van der Waals surface area contributed by atoms with Gasteiger partial charge >= 0.3 is 0 Å². The normalized spacial score (nSPS) is 56.2. The second-order valence-electron chi connectivity index (χ2n) is 5.10. The topological polar surface area (TPSA) is 20.2 Å². The van der Waals surface area contributed by atoms with Crippen LogP contribution in [-0.2, 0) is 0 Å². The van der Waals surface area contributed by atoms with Crippen LogP contribution >= 0.6 is 0 Å². The highest BCUT2D eigenvalue weighted by Crippen LogP contribution is 2.60. The van der Waals surface area contributed by atoms with Gasteiger partial charge in [-0.1, -0.05) is 6.42 Å². The molecule has 0 aliphatic heterocycles. The van der Waals surface area contributed by atoms with Crippen LogP contribution in [0.15, 0.2) is 0 Å². The minimum atomic E-state index is 0.463. The van der Waals surface area contributed by atoms with Gasteiger partial charge in [-0.2, -0.15) is 0 Å². The van der Waals surface area contributed by atoms with E-state index in [1.807, 2.05) is 0 Å². The maximum atomic E-state index is 9.21. The van der Waals surface area contributed by atoms with Gasteiger partial charge in [-0.25, -0.2) is 0 Å². The SMILES string of the molecule is OC[C@H]1C[C@H]2C[C@@H]1[C@@H]1CCC[C@H]21. The van der Waals surface area contributed by atoms with Gasteiger partial charge in [0.15, 0.2) is 0 Å². The van der Waals surface area contributed by atoms with Gasteiger partial charge in [0.2, 0.25) is 0 Å². The zero-order valence-corrected chi connectivity index (χ0v) is 7.58. The molecule has 0 aromatic heterocycles. The lowest BCUT2D eigenvalue weighted by molar-refractivity contribution is 0.121. The van der Waals surface area contributed by atoms with Crippen LogP contribution in [0.1, 0.15) is 32.1 Å². The van der Waals surface area contributed by atoms with Crippen molar-refractivity contribution in [3.05, 3.63) is 0 Å². The maximum absolute atomic E-state index is 9.21. The van der Waals surface area contributed by atoms with Crippen LogP contribution in [0, 0.1) is 29.6 Å². The highest BCUT2D eigenvalue weighted by atomic mass is 16.3. The Labute approximate surface area is 74.2 Å². The summed E-state index contributed by atoms with van der Waals surface area (Å²) in [5.41, 5.74) is 0. The number of fused-ring (bicyclic) bond motifs is 5. The molecule has 2 bridgehead atoms. The van der Waals surface area contributed by atoms with Crippen molar-refractivity contribution in [3.8, 4) is 0 Å². The van der Waals surface area contributed by atoms with Gasteiger partial charge in [-0.15, -0.1) is 0 Å². The molecular formula is C11H18O. The Morgan fingerprint density at radius 2 is 1.83 bits per heavy atom. The lowest BCUT2D eigenvalue weighted by Gasteiger charge is -2.30. The first-order chi connectivity index (χ1) is 5.90. The Kier molecular flexibility index (Phi) is 1.52. The summed E-state index contributed by atoms with van der Waals surface area (Å²) in [7, 11) is 0. The van der Waals surface area contributed by atoms with Gasteiger partial charge < -0.3 is 5.11 Å². The number of rotatable bonds is 1. The molecule has 5 atom stereocenters. The fraction of sp³-hybridized carbons (Fsp3) is 1.00. The third-order valence-corrected chi connectivity index (χ3v) is 4.80. The van der Waals surface area contributed by atoms with E-state index in [4.69, 9.17) is 0 Å². The molecule has 0 saturated heterocycles. The molecule has 68 valence electrons. The molecule has 0 spiro atoms. The number of aliphatic hydroxyl groups is 1. The zero-order valence-electron chi connectivity index (χ0n) is 7.58. The molecule has 3 aliphatic carbocycles. The average molecular weight is 166 g/mol. The Morgan fingerprint density at radius 1 is 1.00 bits per heavy atom. The van der Waals surface area contributed by atoms with Crippen LogP contribution in [0.3, 0.4) is 0 Å². The molecule has 3 aliphatic rings. The average Bonchev–Trinajstić information content (AvgIpc) is 2.75. The van der Waals surface area contributed by atoms with Gasteiger partial charge in [-0.3, -0.25) is 0 Å². The van der Waals surface area contributed by atoms with E-state index in [9.17, 15) is 5.11 Å². The molecule has 0 aromatic carbocycles. The quantitative estimate of drug-likeness (QED) is 0.632.